The molecule has 0 amide bonds. The third kappa shape index (κ3) is 4.81. The zero-order valence-corrected chi connectivity index (χ0v) is 16.4. The molecule has 0 fully saturated rings. The average Bonchev–Trinajstić information content (AvgIpc) is 2.58. The Kier molecular flexibility index (Phi) is 6.36. The minimum Gasteiger partial charge on any atom is -0.463 e. The Bertz CT molecular complexity index is 792. The van der Waals surface area contributed by atoms with Gasteiger partial charge in [0.2, 0.25) is 0 Å². The van der Waals surface area contributed by atoms with E-state index in [1.807, 2.05) is 38.1 Å². The van der Waals surface area contributed by atoms with E-state index < -0.39 is 0 Å². The molecule has 26 heavy (non-hydrogen) atoms. The molecule has 0 aliphatic heterocycles. The molecule has 0 radical (unpaired) electrons. The summed E-state index contributed by atoms with van der Waals surface area (Å²) in [6, 6.07) is 6.19. The van der Waals surface area contributed by atoms with Crippen LogP contribution >= 0.6 is 0 Å². The lowest BCUT2D eigenvalue weighted by Gasteiger charge is -2.32. The van der Waals surface area contributed by atoms with E-state index in [9.17, 15) is 9.59 Å². The van der Waals surface area contributed by atoms with Crippen molar-refractivity contribution in [1.29, 1.82) is 0 Å². The number of hydrogen-bond donors (Lipinski definition) is 0. The lowest BCUT2D eigenvalue weighted by molar-refractivity contribution is -0.137. The van der Waals surface area contributed by atoms with Gasteiger partial charge in [-0.15, -0.1) is 0 Å². The van der Waals surface area contributed by atoms with Crippen LogP contribution in [0.25, 0.3) is 5.57 Å². The van der Waals surface area contributed by atoms with E-state index in [0.717, 1.165) is 34.3 Å². The standard InChI is InChI=1S/C23H28O3/c1-6-26-22(25)14-16(2)8-7-9-17(3)18-10-11-20-19(15-18)21(24)12-13-23(20,4)5/h7-11,14-15H,6,12-13H2,1-5H3/b8-7+,16-14-,17-9+. The maximum atomic E-state index is 12.3. The summed E-state index contributed by atoms with van der Waals surface area (Å²) in [5.41, 5.74) is 5.00. The maximum Gasteiger partial charge on any atom is 0.330 e. The van der Waals surface area contributed by atoms with Crippen molar-refractivity contribution < 1.29 is 14.3 Å². The Labute approximate surface area is 156 Å². The predicted octanol–water partition coefficient (Wildman–Crippen LogP) is 5.41. The van der Waals surface area contributed by atoms with Crippen molar-refractivity contribution in [3.63, 3.8) is 0 Å². The van der Waals surface area contributed by atoms with E-state index in [1.54, 1.807) is 6.92 Å². The molecule has 0 atom stereocenters. The van der Waals surface area contributed by atoms with Crippen LogP contribution in [0.5, 0.6) is 0 Å². The topological polar surface area (TPSA) is 43.4 Å². The van der Waals surface area contributed by atoms with Crippen LogP contribution in [0.15, 0.2) is 48.1 Å². The van der Waals surface area contributed by atoms with Crippen molar-refractivity contribution in [2.45, 2.75) is 52.9 Å². The first kappa shape index (κ1) is 19.9. The molecule has 1 aliphatic carbocycles. The lowest BCUT2D eigenvalue weighted by atomic mass is 9.72. The smallest absolute Gasteiger partial charge is 0.330 e. The Balaban J connectivity index is 2.20. The highest BCUT2D eigenvalue weighted by molar-refractivity contribution is 6.00. The summed E-state index contributed by atoms with van der Waals surface area (Å²) in [6.07, 6.45) is 8.76. The number of benzene rings is 1. The van der Waals surface area contributed by atoms with Crippen molar-refractivity contribution in [1.82, 2.24) is 0 Å². The van der Waals surface area contributed by atoms with E-state index in [1.165, 1.54) is 6.08 Å². The molecule has 0 saturated heterocycles. The van der Waals surface area contributed by atoms with Crippen LogP contribution in [0, 0.1) is 0 Å². The van der Waals surface area contributed by atoms with Gasteiger partial charge < -0.3 is 4.74 Å². The molecule has 1 aliphatic rings. The van der Waals surface area contributed by atoms with Crippen molar-refractivity contribution in [2.75, 3.05) is 6.61 Å². The van der Waals surface area contributed by atoms with Gasteiger partial charge in [-0.3, -0.25) is 4.79 Å². The number of carbonyl (C=O) groups excluding carboxylic acids is 2. The van der Waals surface area contributed by atoms with Gasteiger partial charge in [-0.05, 0) is 60.9 Å². The van der Waals surface area contributed by atoms with Gasteiger partial charge in [-0.2, -0.15) is 0 Å². The number of ketones is 1. The van der Waals surface area contributed by atoms with E-state index in [2.05, 4.69) is 26.0 Å². The molecule has 1 aromatic carbocycles. The summed E-state index contributed by atoms with van der Waals surface area (Å²) >= 11 is 0. The molecule has 3 heteroatoms. The summed E-state index contributed by atoms with van der Waals surface area (Å²) in [5.74, 6) is -0.0936. The highest BCUT2D eigenvalue weighted by Crippen LogP contribution is 2.37. The van der Waals surface area contributed by atoms with Gasteiger partial charge in [0.15, 0.2) is 5.78 Å². The van der Waals surface area contributed by atoms with Gasteiger partial charge in [0.25, 0.3) is 0 Å². The van der Waals surface area contributed by atoms with E-state index >= 15 is 0 Å². The number of Topliss-reactive ketones (excluding diaryl/α,β-unsaturated/α-hetero) is 1. The fourth-order valence-electron chi connectivity index (χ4n) is 3.16. The Morgan fingerprint density at radius 1 is 1.27 bits per heavy atom. The van der Waals surface area contributed by atoms with Gasteiger partial charge in [0.1, 0.15) is 0 Å². The van der Waals surface area contributed by atoms with Crippen molar-refractivity contribution in [3.8, 4) is 0 Å². The monoisotopic (exact) mass is 352 g/mol. The number of carbonyl (C=O) groups is 2. The minimum absolute atomic E-state index is 0.0499. The summed E-state index contributed by atoms with van der Waals surface area (Å²) in [7, 11) is 0. The summed E-state index contributed by atoms with van der Waals surface area (Å²) < 4.78 is 4.89. The zero-order valence-electron chi connectivity index (χ0n) is 16.4. The molecule has 1 aromatic rings. The van der Waals surface area contributed by atoms with Crippen LogP contribution in [-0.2, 0) is 14.9 Å². The molecule has 138 valence electrons. The predicted molar refractivity (Wildman–Crippen MR) is 106 cm³/mol. The van der Waals surface area contributed by atoms with Crippen LogP contribution in [0.4, 0.5) is 0 Å². The number of ether oxygens (including phenoxy) is 1. The molecular weight excluding hydrogens is 324 g/mol. The van der Waals surface area contributed by atoms with Crippen molar-refractivity contribution >= 4 is 17.3 Å². The molecular formula is C23H28O3. The zero-order chi connectivity index (χ0) is 19.3. The molecule has 0 spiro atoms. The minimum atomic E-state index is -0.328. The molecule has 0 aromatic heterocycles. The molecule has 2 rings (SSSR count). The SMILES string of the molecule is CCOC(=O)\C=C(C)/C=C/C=C(\C)c1ccc2c(c1)C(=O)CCC2(C)C. The van der Waals surface area contributed by atoms with Gasteiger partial charge >= 0.3 is 5.97 Å². The molecule has 0 heterocycles. The summed E-state index contributed by atoms with van der Waals surface area (Å²) in [4.78, 5) is 23.7. The van der Waals surface area contributed by atoms with E-state index in [4.69, 9.17) is 4.74 Å². The maximum absolute atomic E-state index is 12.3. The molecule has 3 nitrogen and oxygen atoms in total. The lowest BCUT2D eigenvalue weighted by Crippen LogP contribution is -2.27. The second-order valence-electron chi connectivity index (χ2n) is 7.42. The van der Waals surface area contributed by atoms with Gasteiger partial charge in [0.05, 0.1) is 6.61 Å². The van der Waals surface area contributed by atoms with Crippen molar-refractivity contribution in [3.05, 3.63) is 64.8 Å². The third-order valence-electron chi connectivity index (χ3n) is 4.82. The second-order valence-corrected chi connectivity index (χ2v) is 7.42. The highest BCUT2D eigenvalue weighted by atomic mass is 16.5. The Morgan fingerprint density at radius 2 is 2.00 bits per heavy atom. The normalized spacial score (nSPS) is 17.3. The van der Waals surface area contributed by atoms with Crippen LogP contribution < -0.4 is 0 Å². The van der Waals surface area contributed by atoms with Gasteiger partial charge in [-0.25, -0.2) is 4.79 Å². The summed E-state index contributed by atoms with van der Waals surface area (Å²) in [5, 5.41) is 0. The molecule has 0 bridgehead atoms. The summed E-state index contributed by atoms with van der Waals surface area (Å²) in [6.45, 7) is 10.4. The quantitative estimate of drug-likeness (QED) is 0.404. The largest absolute Gasteiger partial charge is 0.463 e. The van der Waals surface area contributed by atoms with Gasteiger partial charge in [-0.1, -0.05) is 44.2 Å². The number of fused-ring (bicyclic) bond motifs is 1. The van der Waals surface area contributed by atoms with Crippen LogP contribution in [0.2, 0.25) is 0 Å². The van der Waals surface area contributed by atoms with Crippen LogP contribution in [-0.4, -0.2) is 18.4 Å². The van der Waals surface area contributed by atoms with E-state index in [0.29, 0.717) is 13.0 Å². The number of rotatable bonds is 5. The number of hydrogen-bond acceptors (Lipinski definition) is 3. The number of allylic oxidation sites excluding steroid dienone is 5. The second kappa shape index (κ2) is 8.31. The third-order valence-corrected chi connectivity index (χ3v) is 4.82. The Morgan fingerprint density at radius 3 is 2.69 bits per heavy atom. The Hall–Kier alpha value is -2.42. The average molecular weight is 352 g/mol. The molecule has 0 saturated carbocycles. The van der Waals surface area contributed by atoms with Crippen LogP contribution in [0.1, 0.15) is 68.9 Å². The fraction of sp³-hybridized carbons (Fsp3) is 0.391. The first-order chi connectivity index (χ1) is 12.2. The first-order valence-electron chi connectivity index (χ1n) is 9.12. The fourth-order valence-corrected chi connectivity index (χ4v) is 3.16. The highest BCUT2D eigenvalue weighted by Gasteiger charge is 2.31. The first-order valence-corrected chi connectivity index (χ1v) is 9.12. The molecule has 0 N–H and O–H groups in total. The van der Waals surface area contributed by atoms with Gasteiger partial charge in [0, 0.05) is 18.1 Å². The van der Waals surface area contributed by atoms with E-state index in [-0.39, 0.29) is 17.2 Å². The van der Waals surface area contributed by atoms with Crippen molar-refractivity contribution in [2.24, 2.45) is 0 Å². The molecule has 0 unspecified atom stereocenters. The number of esters is 1. The van der Waals surface area contributed by atoms with Crippen LogP contribution in [0.3, 0.4) is 0 Å².